The number of hydrogen-bond donors (Lipinski definition) is 1. The van der Waals surface area contributed by atoms with Crippen LogP contribution in [0.4, 0.5) is 0 Å². The number of rotatable bonds is 6. The number of carbonyl (C=O) groups excluding carboxylic acids is 1. The van der Waals surface area contributed by atoms with Crippen LogP contribution in [0.15, 0.2) is 15.9 Å². The fourth-order valence-electron chi connectivity index (χ4n) is 2.70. The van der Waals surface area contributed by atoms with Crippen molar-refractivity contribution in [2.45, 2.75) is 38.3 Å². The van der Waals surface area contributed by atoms with Crippen LogP contribution in [0.2, 0.25) is 0 Å². The number of amides is 1. The Kier molecular flexibility index (Phi) is 6.67. The van der Waals surface area contributed by atoms with Gasteiger partial charge in [0.2, 0.25) is 5.91 Å². The lowest BCUT2D eigenvalue weighted by molar-refractivity contribution is -0.133. The highest BCUT2D eigenvalue weighted by Gasteiger charge is 2.22. The monoisotopic (exact) mass is 373 g/mol. The van der Waals surface area contributed by atoms with E-state index in [-0.39, 0.29) is 11.9 Å². The number of likely N-dealkylation sites (N-methyl/N-ethyl adjacent to an activating group) is 1. The summed E-state index contributed by atoms with van der Waals surface area (Å²) in [4.78, 5) is 17.8. The number of hydrogen-bond acceptors (Lipinski definition) is 4. The molecule has 1 atom stereocenters. The highest BCUT2D eigenvalue weighted by atomic mass is 79.9. The predicted octanol–water partition coefficient (Wildman–Crippen LogP) is 2.67. The summed E-state index contributed by atoms with van der Waals surface area (Å²) in [6, 6.07) is 2.24. The summed E-state index contributed by atoms with van der Waals surface area (Å²) in [5.74, 6) is 0.254. The summed E-state index contributed by atoms with van der Waals surface area (Å²) in [6.07, 6.45) is 4.05. The second kappa shape index (κ2) is 8.27. The van der Waals surface area contributed by atoms with Gasteiger partial charge in [-0.1, -0.05) is 0 Å². The Hall–Kier alpha value is -0.430. The molecule has 1 saturated heterocycles. The molecule has 2 N–H and O–H groups in total. The first-order valence-electron chi connectivity index (χ1n) is 7.51. The summed E-state index contributed by atoms with van der Waals surface area (Å²) in [5, 5.41) is 2.08. The van der Waals surface area contributed by atoms with Crippen LogP contribution in [0.25, 0.3) is 0 Å². The lowest BCUT2D eigenvalue weighted by Gasteiger charge is -2.31. The van der Waals surface area contributed by atoms with Crippen LogP contribution in [0.1, 0.15) is 30.6 Å². The lowest BCUT2D eigenvalue weighted by Crippen LogP contribution is -2.44. The van der Waals surface area contributed by atoms with E-state index in [2.05, 4.69) is 39.3 Å². The molecular formula is C15H24BrN3OS. The first-order valence-corrected chi connectivity index (χ1v) is 9.18. The second-order valence-corrected chi connectivity index (χ2v) is 7.59. The van der Waals surface area contributed by atoms with Crippen LogP contribution in [-0.4, -0.2) is 48.4 Å². The molecule has 6 heteroatoms. The van der Waals surface area contributed by atoms with Crippen molar-refractivity contribution in [1.82, 2.24) is 9.80 Å². The maximum Gasteiger partial charge on any atom is 0.224 e. The van der Waals surface area contributed by atoms with Gasteiger partial charge in [-0.15, -0.1) is 11.3 Å². The van der Waals surface area contributed by atoms with Crippen molar-refractivity contribution in [2.24, 2.45) is 5.73 Å². The van der Waals surface area contributed by atoms with Gasteiger partial charge in [-0.3, -0.25) is 9.69 Å². The predicted molar refractivity (Wildman–Crippen MR) is 91.4 cm³/mol. The average molecular weight is 374 g/mol. The number of halogens is 1. The molecule has 0 saturated carbocycles. The Labute approximate surface area is 139 Å². The van der Waals surface area contributed by atoms with E-state index < -0.39 is 0 Å². The van der Waals surface area contributed by atoms with Crippen molar-refractivity contribution >= 4 is 33.2 Å². The summed E-state index contributed by atoms with van der Waals surface area (Å²) in [7, 11) is 2.05. The molecule has 1 aliphatic rings. The van der Waals surface area contributed by atoms with Crippen LogP contribution in [0.3, 0.4) is 0 Å². The summed E-state index contributed by atoms with van der Waals surface area (Å²) >= 11 is 5.20. The number of nitrogens with zero attached hydrogens (tertiary/aromatic N) is 2. The molecule has 0 bridgehead atoms. The minimum atomic E-state index is 0.111. The van der Waals surface area contributed by atoms with Crippen molar-refractivity contribution < 1.29 is 4.79 Å². The van der Waals surface area contributed by atoms with Gasteiger partial charge in [0.05, 0.1) is 0 Å². The van der Waals surface area contributed by atoms with E-state index in [1.54, 1.807) is 11.3 Å². The van der Waals surface area contributed by atoms with E-state index in [4.69, 9.17) is 5.73 Å². The maximum atomic E-state index is 12.4. The van der Waals surface area contributed by atoms with Crippen LogP contribution < -0.4 is 5.73 Å². The molecule has 4 nitrogen and oxygen atoms in total. The third kappa shape index (κ3) is 5.06. The highest BCUT2D eigenvalue weighted by Crippen LogP contribution is 2.22. The van der Waals surface area contributed by atoms with E-state index in [9.17, 15) is 4.79 Å². The zero-order valence-corrected chi connectivity index (χ0v) is 15.0. The topological polar surface area (TPSA) is 49.6 Å². The van der Waals surface area contributed by atoms with E-state index in [0.717, 1.165) is 36.9 Å². The third-order valence-corrected chi connectivity index (χ3v) is 5.72. The molecule has 1 aromatic heterocycles. The first-order chi connectivity index (χ1) is 10.1. The Morgan fingerprint density at radius 1 is 1.48 bits per heavy atom. The molecule has 0 aliphatic carbocycles. The van der Waals surface area contributed by atoms with Gasteiger partial charge < -0.3 is 10.6 Å². The quantitative estimate of drug-likeness (QED) is 0.833. The van der Waals surface area contributed by atoms with Crippen LogP contribution >= 0.6 is 27.3 Å². The fourth-order valence-corrected chi connectivity index (χ4v) is 4.22. The lowest BCUT2D eigenvalue weighted by atomic mass is 10.1. The molecule has 2 heterocycles. The minimum absolute atomic E-state index is 0.111. The van der Waals surface area contributed by atoms with Crippen molar-refractivity contribution in [3.05, 3.63) is 20.8 Å². The molecular weight excluding hydrogens is 350 g/mol. The Balaban J connectivity index is 1.87. The van der Waals surface area contributed by atoms with Gasteiger partial charge in [-0.05, 0) is 48.3 Å². The fraction of sp³-hybridized carbons (Fsp3) is 0.667. The Morgan fingerprint density at radius 3 is 2.76 bits per heavy atom. The number of piperidine rings is 1. The smallest absolute Gasteiger partial charge is 0.224 e. The van der Waals surface area contributed by atoms with Gasteiger partial charge in [0.15, 0.2) is 0 Å². The van der Waals surface area contributed by atoms with Gasteiger partial charge in [0, 0.05) is 53.4 Å². The molecule has 118 valence electrons. The first kappa shape index (κ1) is 16.9. The summed E-state index contributed by atoms with van der Waals surface area (Å²) in [5.41, 5.74) is 5.89. The number of carbonyl (C=O) groups is 1. The van der Waals surface area contributed by atoms with Gasteiger partial charge >= 0.3 is 0 Å². The maximum absolute atomic E-state index is 12.4. The van der Waals surface area contributed by atoms with Crippen molar-refractivity contribution in [3.63, 3.8) is 0 Å². The molecule has 21 heavy (non-hydrogen) atoms. The molecule has 1 unspecified atom stereocenters. The van der Waals surface area contributed by atoms with Gasteiger partial charge in [0.1, 0.15) is 0 Å². The average Bonchev–Trinajstić information content (AvgIpc) is 2.90. The molecule has 0 aromatic carbocycles. The van der Waals surface area contributed by atoms with Gasteiger partial charge in [-0.25, -0.2) is 0 Å². The third-order valence-electron chi connectivity index (χ3n) is 4.04. The minimum Gasteiger partial charge on any atom is -0.343 e. The standard InChI is InChI=1S/C15H24BrN3OS/c1-18(10-14-7-12(16)11-21-14)13(9-17)8-15(20)19-5-3-2-4-6-19/h7,11,13H,2-6,8-10,17H2,1H3. The second-order valence-electron chi connectivity index (χ2n) is 5.68. The van der Waals surface area contributed by atoms with Gasteiger partial charge in [-0.2, -0.15) is 0 Å². The van der Waals surface area contributed by atoms with Gasteiger partial charge in [0.25, 0.3) is 0 Å². The molecule has 1 amide bonds. The van der Waals surface area contributed by atoms with Crippen molar-refractivity contribution in [2.75, 3.05) is 26.7 Å². The molecule has 0 radical (unpaired) electrons. The largest absolute Gasteiger partial charge is 0.343 e. The van der Waals surface area contributed by atoms with E-state index in [0.29, 0.717) is 13.0 Å². The summed E-state index contributed by atoms with van der Waals surface area (Å²) < 4.78 is 1.12. The van der Waals surface area contributed by atoms with Crippen LogP contribution in [0, 0.1) is 0 Å². The van der Waals surface area contributed by atoms with Crippen LogP contribution in [-0.2, 0) is 11.3 Å². The molecule has 2 rings (SSSR count). The molecule has 1 fully saturated rings. The van der Waals surface area contributed by atoms with Crippen LogP contribution in [0.5, 0.6) is 0 Å². The Morgan fingerprint density at radius 2 is 2.19 bits per heavy atom. The SMILES string of the molecule is CN(Cc1cc(Br)cs1)C(CN)CC(=O)N1CCCCC1. The van der Waals surface area contributed by atoms with E-state index >= 15 is 0 Å². The Bertz CT molecular complexity index is 460. The van der Waals surface area contributed by atoms with E-state index in [1.165, 1.54) is 11.3 Å². The van der Waals surface area contributed by atoms with Crippen molar-refractivity contribution in [3.8, 4) is 0 Å². The zero-order chi connectivity index (χ0) is 15.2. The number of nitrogens with two attached hydrogens (primary N) is 1. The normalized spacial score (nSPS) is 17.2. The van der Waals surface area contributed by atoms with Crippen molar-refractivity contribution in [1.29, 1.82) is 0 Å². The molecule has 1 aliphatic heterocycles. The molecule has 0 spiro atoms. The highest BCUT2D eigenvalue weighted by molar-refractivity contribution is 9.10. The van der Waals surface area contributed by atoms with E-state index in [1.807, 2.05) is 4.90 Å². The number of likely N-dealkylation sites (tertiary alicyclic amines) is 1. The number of thiophene rings is 1. The molecule has 1 aromatic rings. The zero-order valence-electron chi connectivity index (χ0n) is 12.6. The summed E-state index contributed by atoms with van der Waals surface area (Å²) in [6.45, 7) is 3.18.